The van der Waals surface area contributed by atoms with Crippen LogP contribution in [0.4, 0.5) is 0 Å². The average Bonchev–Trinajstić information content (AvgIpc) is 2.55. The van der Waals surface area contributed by atoms with Gasteiger partial charge in [0.15, 0.2) is 0 Å². The summed E-state index contributed by atoms with van der Waals surface area (Å²) < 4.78 is 5.29. The molecule has 0 saturated heterocycles. The first kappa shape index (κ1) is 19.7. The standard InChI is InChI=1S/C20H32O2Si/c1-4-5-6-7-8-12-16-23(2,3)17-15-20(21)22-18-19-13-10-9-11-14-19/h9-11,13-15,17H,4-8,12,16,18H2,1-3H3/b17-15+. The summed E-state index contributed by atoms with van der Waals surface area (Å²) in [5.41, 5.74) is 3.16. The zero-order valence-corrected chi connectivity index (χ0v) is 16.0. The molecular formula is C20H32O2Si. The summed E-state index contributed by atoms with van der Waals surface area (Å²) in [7, 11) is -1.42. The summed E-state index contributed by atoms with van der Waals surface area (Å²) in [4.78, 5) is 11.8. The molecule has 0 aromatic heterocycles. The number of hydrogen-bond donors (Lipinski definition) is 0. The van der Waals surface area contributed by atoms with Gasteiger partial charge in [-0.2, -0.15) is 0 Å². The van der Waals surface area contributed by atoms with Gasteiger partial charge in [-0.05, 0) is 5.56 Å². The number of hydrogen-bond acceptors (Lipinski definition) is 2. The summed E-state index contributed by atoms with van der Waals surface area (Å²) in [6.45, 7) is 7.24. The van der Waals surface area contributed by atoms with Crippen molar-refractivity contribution in [3.8, 4) is 0 Å². The SMILES string of the molecule is CCCCCCCC[Si](C)(C)/C=C/C(=O)OCc1ccccc1. The second kappa shape index (κ2) is 11.2. The molecule has 1 aromatic rings. The van der Waals surface area contributed by atoms with Crippen molar-refractivity contribution in [1.29, 1.82) is 0 Å². The molecule has 3 heteroatoms. The van der Waals surface area contributed by atoms with Crippen LogP contribution in [0.3, 0.4) is 0 Å². The van der Waals surface area contributed by atoms with Crippen molar-refractivity contribution in [2.75, 3.05) is 0 Å². The molecule has 1 aromatic carbocycles. The lowest BCUT2D eigenvalue weighted by molar-refractivity contribution is -0.139. The van der Waals surface area contributed by atoms with Crippen molar-refractivity contribution in [3.63, 3.8) is 0 Å². The first-order valence-electron chi connectivity index (χ1n) is 8.93. The Hall–Kier alpha value is -1.35. The fraction of sp³-hybridized carbons (Fsp3) is 0.550. The average molecular weight is 333 g/mol. The summed E-state index contributed by atoms with van der Waals surface area (Å²) in [6, 6.07) is 11.1. The number of carbonyl (C=O) groups excluding carboxylic acids is 1. The van der Waals surface area contributed by atoms with E-state index in [-0.39, 0.29) is 5.97 Å². The summed E-state index contributed by atoms with van der Waals surface area (Å²) in [5.74, 6) is -0.225. The molecule has 0 aliphatic heterocycles. The van der Waals surface area contributed by atoms with Crippen LogP contribution in [0.15, 0.2) is 42.1 Å². The first-order valence-corrected chi connectivity index (χ1v) is 12.2. The van der Waals surface area contributed by atoms with E-state index in [9.17, 15) is 4.79 Å². The molecule has 0 saturated carbocycles. The third kappa shape index (κ3) is 10.1. The maximum atomic E-state index is 11.8. The minimum absolute atomic E-state index is 0.225. The molecule has 23 heavy (non-hydrogen) atoms. The van der Waals surface area contributed by atoms with E-state index < -0.39 is 8.07 Å². The Morgan fingerprint density at radius 2 is 1.70 bits per heavy atom. The Balaban J connectivity index is 2.23. The van der Waals surface area contributed by atoms with E-state index in [1.165, 1.54) is 44.6 Å². The minimum atomic E-state index is -1.42. The Kier molecular flexibility index (Phi) is 9.61. The molecule has 0 spiro atoms. The van der Waals surface area contributed by atoms with Gasteiger partial charge in [0, 0.05) is 6.08 Å². The molecule has 0 radical (unpaired) electrons. The molecule has 0 aliphatic carbocycles. The highest BCUT2D eigenvalue weighted by atomic mass is 28.3. The van der Waals surface area contributed by atoms with Crippen LogP contribution in [0.2, 0.25) is 19.1 Å². The lowest BCUT2D eigenvalue weighted by Gasteiger charge is -2.17. The molecular weight excluding hydrogens is 300 g/mol. The van der Waals surface area contributed by atoms with Gasteiger partial charge in [-0.3, -0.25) is 0 Å². The molecule has 0 amide bonds. The largest absolute Gasteiger partial charge is 0.458 e. The van der Waals surface area contributed by atoms with Crippen molar-refractivity contribution in [2.45, 2.75) is 71.2 Å². The molecule has 2 nitrogen and oxygen atoms in total. The number of ether oxygens (including phenoxy) is 1. The maximum absolute atomic E-state index is 11.8. The van der Waals surface area contributed by atoms with E-state index in [1.807, 2.05) is 30.3 Å². The molecule has 0 bridgehead atoms. The molecule has 1 rings (SSSR count). The zero-order chi connectivity index (χ0) is 17.0. The van der Waals surface area contributed by atoms with Gasteiger partial charge in [0.05, 0.1) is 8.07 Å². The highest BCUT2D eigenvalue weighted by molar-refractivity contribution is 6.82. The highest BCUT2D eigenvalue weighted by Crippen LogP contribution is 2.17. The van der Waals surface area contributed by atoms with E-state index >= 15 is 0 Å². The van der Waals surface area contributed by atoms with Crippen LogP contribution in [0.5, 0.6) is 0 Å². The summed E-state index contributed by atoms with van der Waals surface area (Å²) >= 11 is 0. The second-order valence-electron chi connectivity index (χ2n) is 6.93. The molecule has 0 atom stereocenters. The minimum Gasteiger partial charge on any atom is -0.458 e. The van der Waals surface area contributed by atoms with Gasteiger partial charge >= 0.3 is 5.97 Å². The number of esters is 1. The van der Waals surface area contributed by atoms with Crippen LogP contribution in [0, 0.1) is 0 Å². The number of rotatable bonds is 11. The molecule has 128 valence electrons. The fourth-order valence-electron chi connectivity index (χ4n) is 2.51. The number of benzene rings is 1. The number of unbranched alkanes of at least 4 members (excludes halogenated alkanes) is 5. The van der Waals surface area contributed by atoms with Crippen LogP contribution in [0.25, 0.3) is 0 Å². The van der Waals surface area contributed by atoms with Crippen LogP contribution >= 0.6 is 0 Å². The normalized spacial score (nSPS) is 11.8. The lowest BCUT2D eigenvalue weighted by atomic mass is 10.1. The lowest BCUT2D eigenvalue weighted by Crippen LogP contribution is -2.22. The van der Waals surface area contributed by atoms with Gasteiger partial charge in [0.1, 0.15) is 6.61 Å². The van der Waals surface area contributed by atoms with Gasteiger partial charge in [-0.1, -0.05) is 101 Å². The van der Waals surface area contributed by atoms with E-state index in [0.717, 1.165) is 5.56 Å². The molecule has 0 unspecified atom stereocenters. The van der Waals surface area contributed by atoms with Crippen LogP contribution < -0.4 is 0 Å². The highest BCUT2D eigenvalue weighted by Gasteiger charge is 2.16. The van der Waals surface area contributed by atoms with Gasteiger partial charge in [0.25, 0.3) is 0 Å². The third-order valence-electron chi connectivity index (χ3n) is 4.07. The van der Waals surface area contributed by atoms with Crippen LogP contribution in [-0.2, 0) is 16.1 Å². The van der Waals surface area contributed by atoms with Crippen LogP contribution in [0.1, 0.15) is 51.0 Å². The quantitative estimate of drug-likeness (QED) is 0.218. The molecule has 0 fully saturated rings. The van der Waals surface area contributed by atoms with Crippen molar-refractivity contribution >= 4 is 14.0 Å². The van der Waals surface area contributed by atoms with Gasteiger partial charge < -0.3 is 4.74 Å². The van der Waals surface area contributed by atoms with E-state index in [2.05, 4.69) is 25.7 Å². The van der Waals surface area contributed by atoms with Crippen molar-refractivity contribution < 1.29 is 9.53 Å². The predicted octanol–water partition coefficient (Wildman–Crippen LogP) is 5.89. The predicted molar refractivity (Wildman–Crippen MR) is 101 cm³/mol. The van der Waals surface area contributed by atoms with E-state index in [1.54, 1.807) is 6.08 Å². The number of carbonyl (C=O) groups is 1. The zero-order valence-electron chi connectivity index (χ0n) is 15.0. The van der Waals surface area contributed by atoms with Gasteiger partial charge in [0.2, 0.25) is 0 Å². The fourth-order valence-corrected chi connectivity index (χ4v) is 4.43. The van der Waals surface area contributed by atoms with Crippen molar-refractivity contribution in [3.05, 3.63) is 47.7 Å². The maximum Gasteiger partial charge on any atom is 0.330 e. The van der Waals surface area contributed by atoms with Crippen LogP contribution in [-0.4, -0.2) is 14.0 Å². The third-order valence-corrected chi connectivity index (χ3v) is 6.78. The van der Waals surface area contributed by atoms with E-state index in [0.29, 0.717) is 6.61 Å². The Morgan fingerprint density at radius 3 is 2.39 bits per heavy atom. The van der Waals surface area contributed by atoms with Crippen molar-refractivity contribution in [1.82, 2.24) is 0 Å². The first-order chi connectivity index (χ1) is 11.0. The van der Waals surface area contributed by atoms with Gasteiger partial charge in [-0.15, -0.1) is 0 Å². The molecule has 0 aliphatic rings. The topological polar surface area (TPSA) is 26.3 Å². The second-order valence-corrected chi connectivity index (χ2v) is 11.7. The summed E-state index contributed by atoms with van der Waals surface area (Å²) in [6.07, 6.45) is 9.62. The Bertz CT molecular complexity index is 466. The monoisotopic (exact) mass is 332 g/mol. The Morgan fingerprint density at radius 1 is 1.04 bits per heavy atom. The van der Waals surface area contributed by atoms with Crippen molar-refractivity contribution in [2.24, 2.45) is 0 Å². The molecule has 0 N–H and O–H groups in total. The van der Waals surface area contributed by atoms with E-state index in [4.69, 9.17) is 4.74 Å². The molecule has 0 heterocycles. The Labute approximate surface area is 143 Å². The summed E-state index contributed by atoms with van der Waals surface area (Å²) in [5, 5.41) is 0. The van der Waals surface area contributed by atoms with Gasteiger partial charge in [-0.25, -0.2) is 4.79 Å². The smallest absolute Gasteiger partial charge is 0.330 e.